The Balaban J connectivity index is 1.98. The van der Waals surface area contributed by atoms with Crippen LogP contribution < -0.4 is 0 Å². The van der Waals surface area contributed by atoms with Crippen molar-refractivity contribution in [1.29, 1.82) is 0 Å². The molecule has 0 atom stereocenters. The number of carbonyl (C=O) groups is 3. The summed E-state index contributed by atoms with van der Waals surface area (Å²) < 4.78 is 5.35. The molecular weight excluding hydrogens is 286 g/mol. The van der Waals surface area contributed by atoms with Crippen molar-refractivity contribution in [2.24, 2.45) is 0 Å². The van der Waals surface area contributed by atoms with E-state index in [0.29, 0.717) is 43.5 Å². The zero-order valence-electron chi connectivity index (χ0n) is 13.1. The normalized spacial score (nSPS) is 16.4. The number of aromatic amines is 1. The number of likely N-dealkylation sites (tertiary alicyclic amines) is 1. The third kappa shape index (κ3) is 3.72. The van der Waals surface area contributed by atoms with Crippen LogP contribution in [0, 0.1) is 0 Å². The molecule has 0 radical (unpaired) electrons. The Morgan fingerprint density at radius 2 is 2.00 bits per heavy atom. The van der Waals surface area contributed by atoms with E-state index in [0.717, 1.165) is 0 Å². The number of piperidine rings is 1. The summed E-state index contributed by atoms with van der Waals surface area (Å²) in [4.78, 5) is 35.9. The third-order valence-electron chi connectivity index (χ3n) is 3.58. The first-order chi connectivity index (χ1) is 10.3. The van der Waals surface area contributed by atoms with Crippen LogP contribution in [0.2, 0.25) is 0 Å². The van der Waals surface area contributed by atoms with Crippen LogP contribution in [0.4, 0.5) is 4.79 Å². The lowest BCUT2D eigenvalue weighted by Crippen LogP contribution is -2.41. The highest BCUT2D eigenvalue weighted by Crippen LogP contribution is 2.29. The zero-order valence-corrected chi connectivity index (χ0v) is 13.1. The predicted molar refractivity (Wildman–Crippen MR) is 78.8 cm³/mol. The molecule has 0 bridgehead atoms. The molecule has 0 spiro atoms. The molecule has 0 unspecified atom stereocenters. The van der Waals surface area contributed by atoms with Gasteiger partial charge in [-0.05, 0) is 33.6 Å². The summed E-state index contributed by atoms with van der Waals surface area (Å²) in [6.07, 6.45) is 2.79. The predicted octanol–water partition coefficient (Wildman–Crippen LogP) is 1.91. The van der Waals surface area contributed by atoms with Crippen LogP contribution in [0.1, 0.15) is 55.6 Å². The average Bonchev–Trinajstić information content (AvgIpc) is 2.94. The van der Waals surface area contributed by atoms with E-state index in [9.17, 15) is 14.4 Å². The summed E-state index contributed by atoms with van der Waals surface area (Å²) in [6, 6.07) is 0. The van der Waals surface area contributed by atoms with Crippen LogP contribution in [-0.4, -0.2) is 52.0 Å². The van der Waals surface area contributed by atoms with Gasteiger partial charge in [0.15, 0.2) is 6.29 Å². The molecular formula is C15H21N3O4. The van der Waals surface area contributed by atoms with Crippen LogP contribution >= 0.6 is 0 Å². The van der Waals surface area contributed by atoms with E-state index in [4.69, 9.17) is 4.74 Å². The van der Waals surface area contributed by atoms with Gasteiger partial charge in [0.25, 0.3) is 0 Å². The topological polar surface area (TPSA) is 92.4 Å². The van der Waals surface area contributed by atoms with Gasteiger partial charge in [-0.15, -0.1) is 0 Å². The number of ether oxygens (including phenoxy) is 1. The number of nitrogens with one attached hydrogen (secondary N) is 1. The van der Waals surface area contributed by atoms with Crippen LogP contribution in [0.15, 0.2) is 6.20 Å². The number of H-pyrrole nitrogens is 1. The van der Waals surface area contributed by atoms with Crippen LogP contribution in [-0.2, 0) is 9.53 Å². The fourth-order valence-electron chi connectivity index (χ4n) is 2.53. The fourth-order valence-corrected chi connectivity index (χ4v) is 2.53. The van der Waals surface area contributed by atoms with Crippen LogP contribution in [0.5, 0.6) is 0 Å². The van der Waals surface area contributed by atoms with Gasteiger partial charge in [0.05, 0.1) is 11.3 Å². The molecule has 0 aliphatic carbocycles. The Labute approximate surface area is 129 Å². The monoisotopic (exact) mass is 307 g/mol. The smallest absolute Gasteiger partial charge is 0.410 e. The second-order valence-electron chi connectivity index (χ2n) is 6.41. The first-order valence-electron chi connectivity index (χ1n) is 7.33. The summed E-state index contributed by atoms with van der Waals surface area (Å²) in [6.45, 7) is 6.58. The van der Waals surface area contributed by atoms with E-state index in [2.05, 4.69) is 10.2 Å². The molecule has 2 rings (SSSR count). The van der Waals surface area contributed by atoms with E-state index in [1.165, 1.54) is 6.20 Å². The maximum absolute atomic E-state index is 12.0. The molecule has 7 nitrogen and oxygen atoms in total. The highest BCUT2D eigenvalue weighted by Gasteiger charge is 2.30. The Kier molecular flexibility index (Phi) is 4.63. The number of carbonyl (C=O) groups excluding carboxylic acids is 3. The van der Waals surface area contributed by atoms with E-state index < -0.39 is 11.4 Å². The molecule has 1 amide bonds. The molecule has 1 aliphatic rings. The summed E-state index contributed by atoms with van der Waals surface area (Å²) >= 11 is 0. The number of Topliss-reactive ketones (excluding diaryl/α,β-unsaturated/α-hetero) is 1. The molecule has 2 heterocycles. The van der Waals surface area contributed by atoms with Crippen molar-refractivity contribution >= 4 is 18.2 Å². The Bertz CT molecular complexity index is 566. The first-order valence-corrected chi connectivity index (χ1v) is 7.33. The molecule has 1 saturated heterocycles. The molecule has 1 aliphatic heterocycles. The molecule has 22 heavy (non-hydrogen) atoms. The number of aromatic nitrogens is 2. The molecule has 0 saturated carbocycles. The van der Waals surface area contributed by atoms with E-state index >= 15 is 0 Å². The summed E-state index contributed by atoms with van der Waals surface area (Å²) in [5.74, 6) is -0.512. The van der Waals surface area contributed by atoms with Crippen molar-refractivity contribution in [3.63, 3.8) is 0 Å². The number of hydrogen-bond donors (Lipinski definition) is 1. The van der Waals surface area contributed by atoms with Crippen molar-refractivity contribution in [1.82, 2.24) is 15.1 Å². The van der Waals surface area contributed by atoms with Crippen LogP contribution in [0.3, 0.4) is 0 Å². The quantitative estimate of drug-likeness (QED) is 0.523. The Hall–Kier alpha value is -2.18. The maximum atomic E-state index is 12.0. The van der Waals surface area contributed by atoms with Crippen LogP contribution in [0.25, 0.3) is 0 Å². The number of amides is 1. The first kappa shape index (κ1) is 16.2. The molecule has 0 aromatic carbocycles. The number of nitrogens with zero attached hydrogens (tertiary/aromatic N) is 2. The van der Waals surface area contributed by atoms with Gasteiger partial charge in [0, 0.05) is 25.2 Å². The SMILES string of the molecule is CC(C)(C)OC(=O)N1CCC(c2n[nH]cc2C(=O)C=O)CC1. The highest BCUT2D eigenvalue weighted by molar-refractivity contribution is 6.33. The van der Waals surface area contributed by atoms with Crippen molar-refractivity contribution in [3.8, 4) is 0 Å². The summed E-state index contributed by atoms with van der Waals surface area (Å²) in [7, 11) is 0. The lowest BCUT2D eigenvalue weighted by Gasteiger charge is -2.33. The Morgan fingerprint density at radius 1 is 1.36 bits per heavy atom. The van der Waals surface area contributed by atoms with E-state index in [1.807, 2.05) is 20.8 Å². The minimum absolute atomic E-state index is 0.0591. The largest absolute Gasteiger partial charge is 0.444 e. The number of rotatable bonds is 3. The molecule has 120 valence electrons. The minimum atomic E-state index is -0.571. The number of aldehydes is 1. The Morgan fingerprint density at radius 3 is 2.55 bits per heavy atom. The molecule has 1 aromatic rings. The highest BCUT2D eigenvalue weighted by atomic mass is 16.6. The summed E-state index contributed by atoms with van der Waals surface area (Å²) in [5, 5.41) is 6.74. The van der Waals surface area contributed by atoms with Gasteiger partial charge in [-0.2, -0.15) is 5.10 Å². The lowest BCUT2D eigenvalue weighted by atomic mass is 9.91. The van der Waals surface area contributed by atoms with Gasteiger partial charge in [-0.1, -0.05) is 0 Å². The molecule has 7 heteroatoms. The molecule has 1 aromatic heterocycles. The van der Waals surface area contributed by atoms with Crippen molar-refractivity contribution < 1.29 is 19.1 Å². The summed E-state index contributed by atoms with van der Waals surface area (Å²) in [5.41, 5.74) is 0.423. The second-order valence-corrected chi connectivity index (χ2v) is 6.41. The third-order valence-corrected chi connectivity index (χ3v) is 3.58. The van der Waals surface area contributed by atoms with Crippen molar-refractivity contribution in [2.75, 3.05) is 13.1 Å². The average molecular weight is 307 g/mol. The van der Waals surface area contributed by atoms with Crippen molar-refractivity contribution in [3.05, 3.63) is 17.5 Å². The fraction of sp³-hybridized carbons (Fsp3) is 0.600. The maximum Gasteiger partial charge on any atom is 0.410 e. The van der Waals surface area contributed by atoms with Gasteiger partial charge in [0.1, 0.15) is 5.60 Å². The lowest BCUT2D eigenvalue weighted by molar-refractivity contribution is -0.104. The van der Waals surface area contributed by atoms with Gasteiger partial charge in [0.2, 0.25) is 5.78 Å². The zero-order chi connectivity index (χ0) is 16.3. The molecule has 1 fully saturated rings. The minimum Gasteiger partial charge on any atom is -0.444 e. The molecule has 1 N–H and O–H groups in total. The second kappa shape index (κ2) is 6.29. The van der Waals surface area contributed by atoms with Gasteiger partial charge in [-0.25, -0.2) is 4.79 Å². The van der Waals surface area contributed by atoms with Gasteiger partial charge in [-0.3, -0.25) is 14.7 Å². The van der Waals surface area contributed by atoms with Crippen molar-refractivity contribution in [2.45, 2.75) is 45.1 Å². The van der Waals surface area contributed by atoms with Gasteiger partial charge >= 0.3 is 6.09 Å². The number of ketones is 1. The van der Waals surface area contributed by atoms with Gasteiger partial charge < -0.3 is 9.64 Å². The number of hydrogen-bond acceptors (Lipinski definition) is 5. The van der Waals surface area contributed by atoms with E-state index in [-0.39, 0.29) is 12.0 Å². The standard InChI is InChI=1S/C15H21N3O4/c1-15(2,3)22-14(21)18-6-4-10(5-7-18)13-11(8-16-17-13)12(20)9-19/h8-10H,4-7H2,1-3H3,(H,16,17). The van der Waals surface area contributed by atoms with E-state index in [1.54, 1.807) is 4.90 Å².